The van der Waals surface area contributed by atoms with Gasteiger partial charge in [0.1, 0.15) is 0 Å². The van der Waals surface area contributed by atoms with Crippen molar-refractivity contribution in [3.05, 3.63) is 35.4 Å². The van der Waals surface area contributed by atoms with Crippen LogP contribution in [0.3, 0.4) is 0 Å². The van der Waals surface area contributed by atoms with Crippen molar-refractivity contribution in [2.24, 2.45) is 11.8 Å². The molecule has 17 heavy (non-hydrogen) atoms. The quantitative estimate of drug-likeness (QED) is 0.828. The largest absolute Gasteiger partial charge is 0.388 e. The lowest BCUT2D eigenvalue weighted by Gasteiger charge is -2.30. The van der Waals surface area contributed by atoms with E-state index in [1.54, 1.807) is 0 Å². The van der Waals surface area contributed by atoms with Gasteiger partial charge in [0.05, 0.1) is 6.10 Å². The van der Waals surface area contributed by atoms with Gasteiger partial charge in [0, 0.05) is 0 Å². The first-order chi connectivity index (χ1) is 8.27. The SMILES string of the molecule is CC(C1CC1)C(O)c1ccccc1C1CCC1. The van der Waals surface area contributed by atoms with E-state index in [0.29, 0.717) is 11.8 Å². The van der Waals surface area contributed by atoms with Crippen molar-refractivity contribution in [2.75, 3.05) is 0 Å². The van der Waals surface area contributed by atoms with Crippen LogP contribution < -0.4 is 0 Å². The summed E-state index contributed by atoms with van der Waals surface area (Å²) in [7, 11) is 0. The fraction of sp³-hybridized carbons (Fsp3) is 0.625. The molecule has 0 amide bonds. The van der Waals surface area contributed by atoms with Crippen molar-refractivity contribution in [2.45, 2.75) is 51.0 Å². The normalized spacial score (nSPS) is 24.1. The molecule has 2 atom stereocenters. The maximum absolute atomic E-state index is 10.5. The molecular formula is C16H22O. The Bertz CT molecular complexity index is 390. The molecule has 1 N–H and O–H groups in total. The molecule has 3 rings (SSSR count). The molecule has 1 heteroatoms. The average molecular weight is 230 g/mol. The van der Waals surface area contributed by atoms with Crippen molar-refractivity contribution < 1.29 is 5.11 Å². The summed E-state index contributed by atoms with van der Waals surface area (Å²) in [5, 5.41) is 10.5. The van der Waals surface area contributed by atoms with Gasteiger partial charge < -0.3 is 5.11 Å². The van der Waals surface area contributed by atoms with E-state index in [2.05, 4.69) is 31.2 Å². The van der Waals surface area contributed by atoms with Crippen LogP contribution in [0.5, 0.6) is 0 Å². The summed E-state index contributed by atoms with van der Waals surface area (Å²) < 4.78 is 0. The van der Waals surface area contributed by atoms with Crippen LogP contribution >= 0.6 is 0 Å². The Labute approximate surface area is 104 Å². The standard InChI is InChI=1S/C16H22O/c1-11(12-9-10-12)16(17)15-8-3-2-7-14(15)13-5-4-6-13/h2-3,7-8,11-13,16-17H,4-6,9-10H2,1H3. The minimum absolute atomic E-state index is 0.251. The van der Waals surface area contributed by atoms with Crippen LogP contribution in [0, 0.1) is 11.8 Å². The molecule has 0 spiro atoms. The summed E-state index contributed by atoms with van der Waals surface area (Å²) in [6.45, 7) is 2.21. The van der Waals surface area contributed by atoms with E-state index in [9.17, 15) is 5.11 Å². The third-order valence-corrected chi connectivity index (χ3v) is 4.72. The van der Waals surface area contributed by atoms with Crippen LogP contribution in [0.2, 0.25) is 0 Å². The predicted octanol–water partition coefficient (Wildman–Crippen LogP) is 4.03. The Kier molecular flexibility index (Phi) is 2.96. The third-order valence-electron chi connectivity index (χ3n) is 4.72. The zero-order valence-corrected chi connectivity index (χ0v) is 10.6. The highest BCUT2D eigenvalue weighted by Crippen LogP contribution is 2.45. The second-order valence-electron chi connectivity index (χ2n) is 5.90. The fourth-order valence-electron chi connectivity index (χ4n) is 3.03. The molecule has 0 heterocycles. The summed E-state index contributed by atoms with van der Waals surface area (Å²) >= 11 is 0. The van der Waals surface area contributed by atoms with Gasteiger partial charge in [-0.05, 0) is 54.6 Å². The maximum Gasteiger partial charge on any atom is 0.0820 e. The van der Waals surface area contributed by atoms with E-state index in [1.807, 2.05) is 0 Å². The second-order valence-corrected chi connectivity index (χ2v) is 5.90. The molecule has 1 nitrogen and oxygen atoms in total. The van der Waals surface area contributed by atoms with E-state index in [-0.39, 0.29) is 6.10 Å². The first kappa shape index (κ1) is 11.3. The minimum atomic E-state index is -0.251. The molecule has 92 valence electrons. The van der Waals surface area contributed by atoms with E-state index in [4.69, 9.17) is 0 Å². The maximum atomic E-state index is 10.5. The summed E-state index contributed by atoms with van der Waals surface area (Å²) in [6.07, 6.45) is 6.34. The monoisotopic (exact) mass is 230 g/mol. The zero-order chi connectivity index (χ0) is 11.8. The summed E-state index contributed by atoms with van der Waals surface area (Å²) in [5.74, 6) is 1.91. The number of hydrogen-bond donors (Lipinski definition) is 1. The first-order valence-electron chi connectivity index (χ1n) is 7.04. The van der Waals surface area contributed by atoms with Crippen molar-refractivity contribution in [3.63, 3.8) is 0 Å². The van der Waals surface area contributed by atoms with E-state index in [0.717, 1.165) is 5.92 Å². The molecule has 2 aliphatic rings. The van der Waals surface area contributed by atoms with Gasteiger partial charge in [0.15, 0.2) is 0 Å². The molecule has 2 unspecified atom stereocenters. The zero-order valence-electron chi connectivity index (χ0n) is 10.6. The molecule has 2 fully saturated rings. The minimum Gasteiger partial charge on any atom is -0.388 e. The van der Waals surface area contributed by atoms with Crippen LogP contribution in [-0.4, -0.2) is 5.11 Å². The van der Waals surface area contributed by atoms with Crippen LogP contribution in [-0.2, 0) is 0 Å². The van der Waals surface area contributed by atoms with Crippen LogP contribution in [0.4, 0.5) is 0 Å². The van der Waals surface area contributed by atoms with Gasteiger partial charge in [-0.3, -0.25) is 0 Å². The summed E-state index contributed by atoms with van der Waals surface area (Å²) in [4.78, 5) is 0. The van der Waals surface area contributed by atoms with Crippen molar-refractivity contribution >= 4 is 0 Å². The number of rotatable bonds is 4. The Morgan fingerprint density at radius 3 is 2.41 bits per heavy atom. The number of aliphatic hydroxyl groups is 1. The lowest BCUT2D eigenvalue weighted by atomic mass is 9.76. The van der Waals surface area contributed by atoms with Crippen LogP contribution in [0.25, 0.3) is 0 Å². The van der Waals surface area contributed by atoms with Gasteiger partial charge in [-0.2, -0.15) is 0 Å². The fourth-order valence-corrected chi connectivity index (χ4v) is 3.03. The van der Waals surface area contributed by atoms with E-state index in [1.165, 1.54) is 43.2 Å². The number of benzene rings is 1. The average Bonchev–Trinajstić information content (AvgIpc) is 3.09. The molecule has 0 bridgehead atoms. The highest BCUT2D eigenvalue weighted by atomic mass is 16.3. The number of aliphatic hydroxyl groups excluding tert-OH is 1. The first-order valence-corrected chi connectivity index (χ1v) is 7.04. The third kappa shape index (κ3) is 2.13. The molecule has 0 saturated heterocycles. The molecule has 2 saturated carbocycles. The molecule has 2 aliphatic carbocycles. The Balaban J connectivity index is 1.84. The smallest absolute Gasteiger partial charge is 0.0820 e. The lowest BCUT2D eigenvalue weighted by molar-refractivity contribution is 0.104. The van der Waals surface area contributed by atoms with Gasteiger partial charge in [-0.1, -0.05) is 37.6 Å². The molecule has 0 radical (unpaired) electrons. The highest BCUT2D eigenvalue weighted by Gasteiger charge is 2.34. The van der Waals surface area contributed by atoms with E-state index >= 15 is 0 Å². The Morgan fingerprint density at radius 2 is 1.82 bits per heavy atom. The van der Waals surface area contributed by atoms with Crippen LogP contribution in [0.1, 0.15) is 62.2 Å². The van der Waals surface area contributed by atoms with E-state index < -0.39 is 0 Å². The van der Waals surface area contributed by atoms with Gasteiger partial charge in [0.25, 0.3) is 0 Å². The van der Waals surface area contributed by atoms with Gasteiger partial charge in [-0.15, -0.1) is 0 Å². The number of hydrogen-bond acceptors (Lipinski definition) is 1. The molecule has 0 aliphatic heterocycles. The van der Waals surface area contributed by atoms with Crippen LogP contribution in [0.15, 0.2) is 24.3 Å². The molecule has 1 aromatic rings. The van der Waals surface area contributed by atoms with Crippen molar-refractivity contribution in [1.29, 1.82) is 0 Å². The summed E-state index contributed by atoms with van der Waals surface area (Å²) in [5.41, 5.74) is 2.62. The highest BCUT2D eigenvalue weighted by molar-refractivity contribution is 5.33. The van der Waals surface area contributed by atoms with Crippen molar-refractivity contribution in [1.82, 2.24) is 0 Å². The summed E-state index contributed by atoms with van der Waals surface area (Å²) in [6, 6.07) is 8.55. The molecule has 0 aromatic heterocycles. The van der Waals surface area contributed by atoms with Gasteiger partial charge in [0.2, 0.25) is 0 Å². The van der Waals surface area contributed by atoms with Gasteiger partial charge in [-0.25, -0.2) is 0 Å². The van der Waals surface area contributed by atoms with Gasteiger partial charge >= 0.3 is 0 Å². The predicted molar refractivity (Wildman–Crippen MR) is 69.9 cm³/mol. The Morgan fingerprint density at radius 1 is 1.12 bits per heavy atom. The molecule has 1 aromatic carbocycles. The topological polar surface area (TPSA) is 20.2 Å². The lowest BCUT2D eigenvalue weighted by Crippen LogP contribution is -2.17. The second kappa shape index (κ2) is 4.45. The van der Waals surface area contributed by atoms with Crippen molar-refractivity contribution in [3.8, 4) is 0 Å². The molecular weight excluding hydrogens is 208 g/mol. The Hall–Kier alpha value is -0.820.